The number of nitrogens with one attached hydrogen (secondary N) is 1. The fourth-order valence-corrected chi connectivity index (χ4v) is 3.79. The van der Waals surface area contributed by atoms with Crippen molar-refractivity contribution in [1.29, 1.82) is 0 Å². The number of benzene rings is 1. The van der Waals surface area contributed by atoms with Crippen molar-refractivity contribution >= 4 is 16.5 Å². The highest BCUT2D eigenvalue weighted by atomic mass is 16.3. The van der Waals surface area contributed by atoms with Crippen LogP contribution >= 0.6 is 0 Å². The number of allylic oxidation sites excluding steroid dienone is 1. The maximum Gasteiger partial charge on any atom is 0.257 e. The van der Waals surface area contributed by atoms with E-state index in [4.69, 9.17) is 0 Å². The summed E-state index contributed by atoms with van der Waals surface area (Å²) in [6.07, 6.45) is 2.55. The van der Waals surface area contributed by atoms with Gasteiger partial charge in [-0.05, 0) is 42.2 Å². The van der Waals surface area contributed by atoms with Gasteiger partial charge in [0.25, 0.3) is 5.56 Å². The van der Waals surface area contributed by atoms with Crippen molar-refractivity contribution in [3.8, 4) is 11.4 Å². The van der Waals surface area contributed by atoms with Gasteiger partial charge in [-0.25, -0.2) is 0 Å². The molecule has 0 bridgehead atoms. The Morgan fingerprint density at radius 1 is 1.32 bits per heavy atom. The Hall–Kier alpha value is -2.63. The molecule has 2 aromatic heterocycles. The van der Waals surface area contributed by atoms with E-state index in [2.05, 4.69) is 11.1 Å². The SMILES string of the molecule is CC=C(CO)c1cc2n(c(=O)c1CO)CCc1c-2[nH]c2ccccc12. The molecule has 0 unspecified atom stereocenters. The summed E-state index contributed by atoms with van der Waals surface area (Å²) in [7, 11) is 0. The molecule has 0 atom stereocenters. The van der Waals surface area contributed by atoms with Crippen molar-refractivity contribution < 1.29 is 10.2 Å². The van der Waals surface area contributed by atoms with Gasteiger partial charge in [0.05, 0.1) is 30.2 Å². The summed E-state index contributed by atoms with van der Waals surface area (Å²) in [6.45, 7) is 1.88. The minimum Gasteiger partial charge on any atom is -0.392 e. The van der Waals surface area contributed by atoms with Gasteiger partial charge in [-0.3, -0.25) is 4.79 Å². The Bertz CT molecular complexity index is 1060. The van der Waals surface area contributed by atoms with Crippen LogP contribution in [-0.4, -0.2) is 26.4 Å². The number of fused-ring (bicyclic) bond motifs is 5. The summed E-state index contributed by atoms with van der Waals surface area (Å²) >= 11 is 0. The van der Waals surface area contributed by atoms with Crippen molar-refractivity contribution in [3.63, 3.8) is 0 Å². The minimum atomic E-state index is -0.342. The molecule has 0 saturated heterocycles. The lowest BCUT2D eigenvalue weighted by Gasteiger charge is -2.22. The first-order valence-electron chi connectivity index (χ1n) is 8.43. The molecule has 3 heterocycles. The van der Waals surface area contributed by atoms with E-state index >= 15 is 0 Å². The van der Waals surface area contributed by atoms with Crippen LogP contribution in [-0.2, 0) is 19.6 Å². The third-order valence-corrected chi connectivity index (χ3v) is 5.08. The van der Waals surface area contributed by atoms with E-state index in [0.717, 1.165) is 23.3 Å². The van der Waals surface area contributed by atoms with Gasteiger partial charge in [-0.2, -0.15) is 0 Å². The second-order valence-corrected chi connectivity index (χ2v) is 6.28. The average Bonchev–Trinajstić information content (AvgIpc) is 3.02. The molecule has 0 amide bonds. The number of H-pyrrole nitrogens is 1. The predicted octanol–water partition coefficient (Wildman–Crippen LogP) is 2.44. The monoisotopic (exact) mass is 336 g/mol. The van der Waals surface area contributed by atoms with Crippen LogP contribution in [0.25, 0.3) is 27.9 Å². The molecule has 128 valence electrons. The fourth-order valence-electron chi connectivity index (χ4n) is 3.79. The molecule has 0 aliphatic carbocycles. The smallest absolute Gasteiger partial charge is 0.257 e. The highest BCUT2D eigenvalue weighted by Crippen LogP contribution is 2.35. The van der Waals surface area contributed by atoms with Crippen LogP contribution in [0.15, 0.2) is 41.2 Å². The number of para-hydroxylation sites is 1. The number of aryl methyl sites for hydroxylation is 1. The number of hydrogen-bond donors (Lipinski definition) is 3. The van der Waals surface area contributed by atoms with Crippen LogP contribution < -0.4 is 5.56 Å². The van der Waals surface area contributed by atoms with E-state index in [1.165, 1.54) is 10.9 Å². The number of nitrogens with zero attached hydrogens (tertiary/aromatic N) is 1. The van der Waals surface area contributed by atoms with Gasteiger partial charge in [-0.15, -0.1) is 0 Å². The molecule has 4 rings (SSSR count). The lowest BCUT2D eigenvalue weighted by atomic mass is 9.96. The van der Waals surface area contributed by atoms with Crippen LogP contribution in [0.5, 0.6) is 0 Å². The highest BCUT2D eigenvalue weighted by molar-refractivity contribution is 5.91. The highest BCUT2D eigenvalue weighted by Gasteiger charge is 2.24. The van der Waals surface area contributed by atoms with Gasteiger partial charge in [0, 0.05) is 17.4 Å². The number of pyridine rings is 1. The molecule has 5 nitrogen and oxygen atoms in total. The second kappa shape index (κ2) is 6.02. The van der Waals surface area contributed by atoms with Gasteiger partial charge in [0.1, 0.15) is 0 Å². The van der Waals surface area contributed by atoms with Crippen molar-refractivity contribution in [2.24, 2.45) is 0 Å². The number of hydrogen-bond acceptors (Lipinski definition) is 3. The molecule has 1 aromatic carbocycles. The molecular weight excluding hydrogens is 316 g/mol. The quantitative estimate of drug-likeness (QED) is 0.687. The molecular formula is C20H20N2O3. The summed E-state index contributed by atoms with van der Waals surface area (Å²) in [6, 6.07) is 10.0. The number of aliphatic hydroxyl groups is 2. The van der Waals surface area contributed by atoms with E-state index in [-0.39, 0.29) is 18.8 Å². The third-order valence-electron chi connectivity index (χ3n) is 5.08. The Balaban J connectivity index is 2.05. The van der Waals surface area contributed by atoms with Crippen molar-refractivity contribution in [1.82, 2.24) is 9.55 Å². The largest absolute Gasteiger partial charge is 0.392 e. The van der Waals surface area contributed by atoms with Crippen LogP contribution in [0.4, 0.5) is 0 Å². The van der Waals surface area contributed by atoms with E-state index in [1.54, 1.807) is 10.6 Å². The minimum absolute atomic E-state index is 0.175. The molecule has 0 fully saturated rings. The van der Waals surface area contributed by atoms with Crippen LogP contribution in [0, 0.1) is 0 Å². The van der Waals surface area contributed by atoms with Gasteiger partial charge in [-0.1, -0.05) is 24.3 Å². The Kier molecular flexibility index (Phi) is 3.82. The molecule has 3 aromatic rings. The summed E-state index contributed by atoms with van der Waals surface area (Å²) in [5.41, 5.74) is 5.44. The summed E-state index contributed by atoms with van der Waals surface area (Å²) < 4.78 is 1.72. The van der Waals surface area contributed by atoms with Gasteiger partial charge in [0.15, 0.2) is 0 Å². The lowest BCUT2D eigenvalue weighted by Crippen LogP contribution is -2.30. The number of rotatable bonds is 3. The molecule has 5 heteroatoms. The first-order chi connectivity index (χ1) is 12.2. The van der Waals surface area contributed by atoms with Gasteiger partial charge >= 0.3 is 0 Å². The molecule has 0 radical (unpaired) electrons. The number of aliphatic hydroxyl groups excluding tert-OH is 2. The first-order valence-corrected chi connectivity index (χ1v) is 8.43. The fraction of sp³-hybridized carbons (Fsp3) is 0.250. The molecule has 1 aliphatic rings. The van der Waals surface area contributed by atoms with E-state index in [1.807, 2.05) is 31.2 Å². The Morgan fingerprint density at radius 2 is 2.12 bits per heavy atom. The third kappa shape index (κ3) is 2.27. The molecule has 1 aliphatic heterocycles. The van der Waals surface area contributed by atoms with Gasteiger partial charge in [0.2, 0.25) is 0 Å². The standard InChI is InChI=1S/C20H20N2O3/c1-2-12(10-23)15-9-18-19-14(13-5-3-4-6-17(13)21-19)7-8-22(18)20(25)16(15)11-24/h2-6,9,21,23-24H,7-8,10-11H2,1H3. The van der Waals surface area contributed by atoms with Crippen molar-refractivity contribution in [2.75, 3.05) is 6.61 Å². The predicted molar refractivity (Wildman–Crippen MR) is 98.4 cm³/mol. The van der Waals surface area contributed by atoms with Crippen LogP contribution in [0.2, 0.25) is 0 Å². The summed E-state index contributed by atoms with van der Waals surface area (Å²) in [5, 5.41) is 20.5. The van der Waals surface area contributed by atoms with E-state index < -0.39 is 0 Å². The average molecular weight is 336 g/mol. The van der Waals surface area contributed by atoms with Crippen LogP contribution in [0.1, 0.15) is 23.6 Å². The first kappa shape index (κ1) is 15.9. The summed E-state index contributed by atoms with van der Waals surface area (Å²) in [5.74, 6) is 0. The maximum absolute atomic E-state index is 12.9. The number of aromatic nitrogens is 2. The molecule has 25 heavy (non-hydrogen) atoms. The Morgan fingerprint density at radius 3 is 2.84 bits per heavy atom. The topological polar surface area (TPSA) is 78.2 Å². The molecule has 0 saturated carbocycles. The molecule has 3 N–H and O–H groups in total. The van der Waals surface area contributed by atoms with E-state index in [9.17, 15) is 15.0 Å². The lowest BCUT2D eigenvalue weighted by molar-refractivity contribution is 0.278. The number of aromatic amines is 1. The summed E-state index contributed by atoms with van der Waals surface area (Å²) in [4.78, 5) is 16.3. The van der Waals surface area contributed by atoms with Gasteiger partial charge < -0.3 is 19.8 Å². The molecule has 0 spiro atoms. The zero-order valence-corrected chi connectivity index (χ0v) is 14.0. The van der Waals surface area contributed by atoms with E-state index in [0.29, 0.717) is 23.2 Å². The van der Waals surface area contributed by atoms with Crippen LogP contribution in [0.3, 0.4) is 0 Å². The second-order valence-electron chi connectivity index (χ2n) is 6.28. The zero-order valence-electron chi connectivity index (χ0n) is 14.0. The zero-order chi connectivity index (χ0) is 17.6. The maximum atomic E-state index is 12.9. The van der Waals surface area contributed by atoms with Crippen molar-refractivity contribution in [2.45, 2.75) is 26.5 Å². The Labute approximate surface area is 144 Å². The van der Waals surface area contributed by atoms with Crippen molar-refractivity contribution in [3.05, 3.63) is 63.5 Å². The normalized spacial score (nSPS) is 13.8.